The standard InChI is InChI=1S/C18H18F4N2O/c1-10(2)11(3)12-4-5-15(19)14(8-12)17(25)24-16-9-13(6-7-23-16)18(20,21)22/h4-11H,1-3H3,(H,23,24,25). The quantitative estimate of drug-likeness (QED) is 0.762. The molecule has 134 valence electrons. The molecule has 0 aliphatic heterocycles. The number of alkyl halides is 3. The summed E-state index contributed by atoms with van der Waals surface area (Å²) in [6, 6.07) is 5.70. The third kappa shape index (κ3) is 4.55. The van der Waals surface area contributed by atoms with Crippen LogP contribution in [0.1, 0.15) is 48.2 Å². The molecule has 0 aliphatic carbocycles. The number of amides is 1. The molecular formula is C18H18F4N2O. The van der Waals surface area contributed by atoms with Crippen LogP contribution in [-0.2, 0) is 6.18 Å². The first kappa shape index (κ1) is 18.9. The Labute approximate surface area is 143 Å². The molecule has 0 spiro atoms. The van der Waals surface area contributed by atoms with Crippen molar-refractivity contribution in [2.45, 2.75) is 32.9 Å². The molecule has 0 saturated carbocycles. The van der Waals surface area contributed by atoms with E-state index in [1.165, 1.54) is 12.1 Å². The highest BCUT2D eigenvalue weighted by Gasteiger charge is 2.31. The van der Waals surface area contributed by atoms with E-state index in [0.717, 1.165) is 17.8 Å². The van der Waals surface area contributed by atoms with Gasteiger partial charge in [0.1, 0.15) is 11.6 Å². The molecule has 2 rings (SSSR count). The van der Waals surface area contributed by atoms with Crippen LogP contribution in [-0.4, -0.2) is 10.9 Å². The first-order chi connectivity index (χ1) is 11.6. The first-order valence-corrected chi connectivity index (χ1v) is 7.73. The van der Waals surface area contributed by atoms with Gasteiger partial charge in [-0.05, 0) is 41.7 Å². The predicted octanol–water partition coefficient (Wildman–Crippen LogP) is 5.25. The third-order valence-corrected chi connectivity index (χ3v) is 4.09. The lowest BCUT2D eigenvalue weighted by Crippen LogP contribution is -2.16. The van der Waals surface area contributed by atoms with Crippen molar-refractivity contribution in [3.8, 4) is 0 Å². The second-order valence-corrected chi connectivity index (χ2v) is 6.15. The third-order valence-electron chi connectivity index (χ3n) is 4.09. The van der Waals surface area contributed by atoms with E-state index in [1.54, 1.807) is 6.07 Å². The number of hydrogen-bond donors (Lipinski definition) is 1. The molecule has 1 unspecified atom stereocenters. The predicted molar refractivity (Wildman–Crippen MR) is 86.8 cm³/mol. The lowest BCUT2D eigenvalue weighted by molar-refractivity contribution is -0.137. The number of carbonyl (C=O) groups is 1. The molecule has 7 heteroatoms. The minimum absolute atomic E-state index is 0.0961. The molecular weight excluding hydrogens is 336 g/mol. The Bertz CT molecular complexity index is 772. The SMILES string of the molecule is CC(C)C(C)c1ccc(F)c(C(=O)Nc2cc(C(F)(F)F)ccn2)c1. The van der Waals surface area contributed by atoms with Gasteiger partial charge in [-0.3, -0.25) is 4.79 Å². The lowest BCUT2D eigenvalue weighted by Gasteiger charge is -2.17. The Kier molecular flexibility index (Phi) is 5.45. The summed E-state index contributed by atoms with van der Waals surface area (Å²) in [7, 11) is 0. The van der Waals surface area contributed by atoms with Crippen LogP contribution in [0.15, 0.2) is 36.5 Å². The van der Waals surface area contributed by atoms with Crippen molar-refractivity contribution < 1.29 is 22.4 Å². The average Bonchev–Trinajstić information content (AvgIpc) is 2.54. The van der Waals surface area contributed by atoms with Crippen molar-refractivity contribution in [1.29, 1.82) is 0 Å². The number of rotatable bonds is 4. The Morgan fingerprint density at radius 3 is 2.40 bits per heavy atom. The Morgan fingerprint density at radius 2 is 1.80 bits per heavy atom. The molecule has 3 nitrogen and oxygen atoms in total. The average molecular weight is 354 g/mol. The van der Waals surface area contributed by atoms with Crippen LogP contribution in [0.3, 0.4) is 0 Å². The van der Waals surface area contributed by atoms with Gasteiger partial charge in [-0.15, -0.1) is 0 Å². The van der Waals surface area contributed by atoms with Crippen molar-refractivity contribution in [3.05, 3.63) is 59.0 Å². The minimum Gasteiger partial charge on any atom is -0.306 e. The Hall–Kier alpha value is -2.44. The van der Waals surface area contributed by atoms with Gasteiger partial charge in [0, 0.05) is 6.20 Å². The van der Waals surface area contributed by atoms with E-state index in [-0.39, 0.29) is 23.2 Å². The summed E-state index contributed by atoms with van der Waals surface area (Å²) in [4.78, 5) is 15.9. The van der Waals surface area contributed by atoms with Crippen LogP contribution >= 0.6 is 0 Å². The number of halogens is 4. The first-order valence-electron chi connectivity index (χ1n) is 7.73. The number of benzene rings is 1. The molecule has 2 aromatic rings. The summed E-state index contributed by atoms with van der Waals surface area (Å²) in [6.45, 7) is 5.95. The summed E-state index contributed by atoms with van der Waals surface area (Å²) in [5.41, 5.74) is -0.400. The number of nitrogens with zero attached hydrogens (tertiary/aromatic N) is 1. The van der Waals surface area contributed by atoms with E-state index in [4.69, 9.17) is 0 Å². The van der Waals surface area contributed by atoms with Gasteiger partial charge in [0.05, 0.1) is 11.1 Å². The maximum absolute atomic E-state index is 14.0. The number of aromatic nitrogens is 1. The number of hydrogen-bond acceptors (Lipinski definition) is 2. The molecule has 1 amide bonds. The van der Waals surface area contributed by atoms with Gasteiger partial charge in [-0.25, -0.2) is 9.37 Å². The number of carbonyl (C=O) groups excluding carboxylic acids is 1. The van der Waals surface area contributed by atoms with E-state index in [1.807, 2.05) is 20.8 Å². The Balaban J connectivity index is 2.28. The summed E-state index contributed by atoms with van der Waals surface area (Å²) in [5, 5.41) is 2.22. The zero-order chi connectivity index (χ0) is 18.8. The van der Waals surface area contributed by atoms with Crippen LogP contribution in [0.5, 0.6) is 0 Å². The van der Waals surface area contributed by atoms with Gasteiger partial charge in [0.25, 0.3) is 5.91 Å². The molecule has 1 atom stereocenters. The fourth-order valence-electron chi connectivity index (χ4n) is 2.24. The fraction of sp³-hybridized carbons (Fsp3) is 0.333. The molecule has 1 heterocycles. The van der Waals surface area contributed by atoms with Crippen molar-refractivity contribution in [3.63, 3.8) is 0 Å². The van der Waals surface area contributed by atoms with Crippen molar-refractivity contribution >= 4 is 11.7 Å². The van der Waals surface area contributed by atoms with Gasteiger partial charge >= 0.3 is 6.18 Å². The van der Waals surface area contributed by atoms with Crippen molar-refractivity contribution in [2.24, 2.45) is 5.92 Å². The number of nitrogens with one attached hydrogen (secondary N) is 1. The lowest BCUT2D eigenvalue weighted by atomic mass is 9.89. The smallest absolute Gasteiger partial charge is 0.306 e. The van der Waals surface area contributed by atoms with Gasteiger partial charge in [0.2, 0.25) is 0 Å². The molecule has 1 N–H and O–H groups in total. The van der Waals surface area contributed by atoms with Gasteiger partial charge < -0.3 is 5.32 Å². The van der Waals surface area contributed by atoms with Gasteiger partial charge in [0.15, 0.2) is 0 Å². The fourth-order valence-corrected chi connectivity index (χ4v) is 2.24. The normalized spacial score (nSPS) is 13.0. The zero-order valence-corrected chi connectivity index (χ0v) is 14.0. The maximum atomic E-state index is 14.0. The van der Waals surface area contributed by atoms with Gasteiger partial charge in [-0.1, -0.05) is 26.8 Å². The summed E-state index contributed by atoms with van der Waals surface area (Å²) < 4.78 is 52.1. The molecule has 0 fully saturated rings. The second-order valence-electron chi connectivity index (χ2n) is 6.15. The molecule has 1 aromatic heterocycles. The van der Waals surface area contributed by atoms with Crippen LogP contribution in [0, 0.1) is 11.7 Å². The highest BCUT2D eigenvalue weighted by Crippen LogP contribution is 2.30. The minimum atomic E-state index is -4.56. The van der Waals surface area contributed by atoms with E-state index >= 15 is 0 Å². The molecule has 0 aliphatic rings. The van der Waals surface area contributed by atoms with Crippen LogP contribution in [0.25, 0.3) is 0 Å². The second kappa shape index (κ2) is 7.21. The van der Waals surface area contributed by atoms with Crippen LogP contribution in [0.2, 0.25) is 0 Å². The van der Waals surface area contributed by atoms with Crippen molar-refractivity contribution in [1.82, 2.24) is 4.98 Å². The van der Waals surface area contributed by atoms with Crippen LogP contribution in [0.4, 0.5) is 23.4 Å². The van der Waals surface area contributed by atoms with Crippen molar-refractivity contribution in [2.75, 3.05) is 5.32 Å². The zero-order valence-electron chi connectivity index (χ0n) is 14.0. The maximum Gasteiger partial charge on any atom is 0.416 e. The number of anilines is 1. The molecule has 25 heavy (non-hydrogen) atoms. The van der Waals surface area contributed by atoms with E-state index in [0.29, 0.717) is 6.07 Å². The van der Waals surface area contributed by atoms with Crippen LogP contribution < -0.4 is 5.32 Å². The summed E-state index contributed by atoms with van der Waals surface area (Å²) >= 11 is 0. The molecule has 0 bridgehead atoms. The number of pyridine rings is 1. The molecule has 0 radical (unpaired) electrons. The topological polar surface area (TPSA) is 42.0 Å². The van der Waals surface area contributed by atoms with E-state index in [2.05, 4.69) is 10.3 Å². The van der Waals surface area contributed by atoms with E-state index in [9.17, 15) is 22.4 Å². The highest BCUT2D eigenvalue weighted by molar-refractivity contribution is 6.04. The monoisotopic (exact) mass is 354 g/mol. The van der Waals surface area contributed by atoms with Gasteiger partial charge in [-0.2, -0.15) is 13.2 Å². The van der Waals surface area contributed by atoms with E-state index < -0.39 is 23.5 Å². The highest BCUT2D eigenvalue weighted by atomic mass is 19.4. The summed E-state index contributed by atoms with van der Waals surface area (Å²) in [5.74, 6) is -1.50. The Morgan fingerprint density at radius 1 is 1.12 bits per heavy atom. The molecule has 1 aromatic carbocycles. The largest absolute Gasteiger partial charge is 0.416 e. The molecule has 0 saturated heterocycles. The summed E-state index contributed by atoms with van der Waals surface area (Å²) in [6.07, 6.45) is -3.62.